The summed E-state index contributed by atoms with van der Waals surface area (Å²) < 4.78 is 57.7. The molecule has 2 amide bonds. The first kappa shape index (κ1) is 34.0. The van der Waals surface area contributed by atoms with Crippen LogP contribution in [0.3, 0.4) is 0 Å². The van der Waals surface area contributed by atoms with Crippen molar-refractivity contribution in [1.82, 2.24) is 10.0 Å². The average molecular weight is 595 g/mol. The van der Waals surface area contributed by atoms with Gasteiger partial charge in [-0.25, -0.2) is 13.1 Å². The summed E-state index contributed by atoms with van der Waals surface area (Å²) in [6, 6.07) is 6.61. The topological polar surface area (TPSA) is 202 Å². The minimum absolute atomic E-state index is 0.0155. The van der Waals surface area contributed by atoms with Crippen molar-refractivity contribution < 1.29 is 60.7 Å². The van der Waals surface area contributed by atoms with Gasteiger partial charge in [-0.05, 0) is 30.7 Å². The number of hydrogen-bond donors (Lipinski definition) is 4. The minimum Gasteiger partial charge on any atom is -0.542 e. The number of rotatable bonds is 11. The van der Waals surface area contributed by atoms with E-state index < -0.39 is 40.0 Å². The average Bonchev–Trinajstić information content (AvgIpc) is 2.83. The van der Waals surface area contributed by atoms with Crippen LogP contribution in [0, 0.1) is 0 Å². The highest BCUT2D eigenvalue weighted by Gasteiger charge is 2.35. The molecule has 2 rings (SSSR count). The summed E-state index contributed by atoms with van der Waals surface area (Å²) >= 11 is 0. The van der Waals surface area contributed by atoms with E-state index in [2.05, 4.69) is 15.2 Å². The van der Waals surface area contributed by atoms with Gasteiger partial charge in [-0.3, -0.25) is 14.4 Å². The highest BCUT2D eigenvalue weighted by Crippen LogP contribution is 2.19. The third-order valence-electron chi connectivity index (χ3n) is 5.24. The first-order valence-electron chi connectivity index (χ1n) is 11.7. The third kappa shape index (κ3) is 12.2. The Morgan fingerprint density at radius 2 is 1.75 bits per heavy atom. The van der Waals surface area contributed by atoms with Gasteiger partial charge in [0.05, 0.1) is 18.7 Å². The molecule has 0 aromatic heterocycles. The quantitative estimate of drug-likeness (QED) is 0.152. The van der Waals surface area contributed by atoms with E-state index in [1.165, 1.54) is 0 Å². The molecule has 1 aliphatic heterocycles. The van der Waals surface area contributed by atoms with Gasteiger partial charge in [0.2, 0.25) is 10.0 Å². The zero-order valence-corrected chi connectivity index (χ0v) is 22.1. The molecule has 0 fully saturated rings. The SMILES string of the molecule is CCCS(=O)(=O)NC(=O)C[N+]1(Cc2ccc(C(=O)NCCC(=O)O)cc2)CC=C/C(=N\O)C1.O=C([O-])C(F)(F)F. The van der Waals surface area contributed by atoms with E-state index in [9.17, 15) is 41.2 Å². The summed E-state index contributed by atoms with van der Waals surface area (Å²) in [5, 5.41) is 32.4. The fourth-order valence-corrected chi connectivity index (χ4v) is 4.65. The van der Waals surface area contributed by atoms with Gasteiger partial charge in [-0.15, -0.1) is 0 Å². The molecule has 17 heteroatoms. The molecule has 13 nitrogen and oxygen atoms in total. The van der Waals surface area contributed by atoms with Crippen LogP contribution in [0.1, 0.15) is 35.7 Å². The largest absolute Gasteiger partial charge is 0.542 e. The molecule has 40 heavy (non-hydrogen) atoms. The Balaban J connectivity index is 0.00000101. The maximum absolute atomic E-state index is 12.6. The Morgan fingerprint density at radius 1 is 1.15 bits per heavy atom. The molecule has 0 saturated heterocycles. The van der Waals surface area contributed by atoms with Gasteiger partial charge in [0.1, 0.15) is 24.8 Å². The Kier molecular flexibility index (Phi) is 12.7. The Hall–Kier alpha value is -3.99. The number of sulfonamides is 1. The third-order valence-corrected chi connectivity index (χ3v) is 6.72. The Labute approximate surface area is 227 Å². The van der Waals surface area contributed by atoms with Crippen molar-refractivity contribution in [2.75, 3.05) is 31.9 Å². The molecule has 1 heterocycles. The monoisotopic (exact) mass is 594 g/mol. The molecule has 0 aliphatic carbocycles. The number of amides is 2. The molecule has 0 radical (unpaired) electrons. The van der Waals surface area contributed by atoms with Crippen LogP contribution < -0.4 is 15.1 Å². The zero-order valence-electron chi connectivity index (χ0n) is 21.3. The lowest BCUT2D eigenvalue weighted by atomic mass is 10.1. The molecule has 0 spiro atoms. The second kappa shape index (κ2) is 15.0. The molecule has 0 saturated carbocycles. The number of aliphatic carboxylic acids is 2. The van der Waals surface area contributed by atoms with E-state index >= 15 is 0 Å². The molecule has 1 aliphatic rings. The molecule has 222 valence electrons. The van der Waals surface area contributed by atoms with Gasteiger partial charge in [0.15, 0.2) is 6.54 Å². The number of nitrogens with one attached hydrogen (secondary N) is 2. The summed E-state index contributed by atoms with van der Waals surface area (Å²) in [5.74, 6) is -5.22. The van der Waals surface area contributed by atoms with Crippen LogP contribution in [0.5, 0.6) is 0 Å². The van der Waals surface area contributed by atoms with E-state index in [0.29, 0.717) is 30.8 Å². The smallest absolute Gasteiger partial charge is 0.430 e. The normalized spacial score (nSPS) is 17.9. The predicted octanol–water partition coefficient (Wildman–Crippen LogP) is -0.237. The number of carboxylic acids is 2. The number of oxime groups is 1. The molecule has 4 N–H and O–H groups in total. The van der Waals surface area contributed by atoms with Gasteiger partial charge in [-0.2, -0.15) is 13.2 Å². The highest BCUT2D eigenvalue weighted by atomic mass is 32.2. The van der Waals surface area contributed by atoms with Crippen LogP contribution in [-0.2, 0) is 31.0 Å². The number of halogens is 3. The summed E-state index contributed by atoms with van der Waals surface area (Å²) in [7, 11) is -3.72. The maximum atomic E-state index is 12.6. The van der Waals surface area contributed by atoms with Crippen LogP contribution in [0.25, 0.3) is 0 Å². The summed E-state index contributed by atoms with van der Waals surface area (Å²) in [4.78, 5) is 44.0. The molecule has 1 unspecified atom stereocenters. The van der Waals surface area contributed by atoms with Gasteiger partial charge in [0, 0.05) is 17.7 Å². The fraction of sp³-hybridized carbons (Fsp3) is 0.435. The van der Waals surface area contributed by atoms with Crippen LogP contribution in [-0.4, -0.2) is 90.8 Å². The molecule has 0 bridgehead atoms. The van der Waals surface area contributed by atoms with Crippen LogP contribution in [0.15, 0.2) is 41.6 Å². The molecular weight excluding hydrogens is 565 g/mol. The number of alkyl halides is 3. The maximum Gasteiger partial charge on any atom is 0.430 e. The van der Waals surface area contributed by atoms with E-state index in [1.807, 2.05) is 0 Å². The van der Waals surface area contributed by atoms with E-state index in [4.69, 9.17) is 15.0 Å². The van der Waals surface area contributed by atoms with Crippen molar-refractivity contribution in [3.63, 3.8) is 0 Å². The summed E-state index contributed by atoms with van der Waals surface area (Å²) in [6.45, 7) is 2.52. The fourth-order valence-electron chi connectivity index (χ4n) is 3.60. The number of carbonyl (C=O) groups excluding carboxylic acids is 3. The van der Waals surface area contributed by atoms with E-state index in [-0.39, 0.29) is 36.3 Å². The van der Waals surface area contributed by atoms with E-state index in [0.717, 1.165) is 5.56 Å². The van der Waals surface area contributed by atoms with Crippen molar-refractivity contribution in [3.8, 4) is 0 Å². The number of quaternary nitrogens is 1. The first-order valence-corrected chi connectivity index (χ1v) is 13.3. The lowest BCUT2D eigenvalue weighted by Crippen LogP contribution is -2.57. The predicted molar refractivity (Wildman–Crippen MR) is 131 cm³/mol. The zero-order chi connectivity index (χ0) is 30.6. The van der Waals surface area contributed by atoms with Crippen molar-refractivity contribution in [2.24, 2.45) is 5.16 Å². The van der Waals surface area contributed by atoms with Crippen LogP contribution >= 0.6 is 0 Å². The van der Waals surface area contributed by atoms with E-state index in [1.54, 1.807) is 43.3 Å². The Morgan fingerprint density at radius 3 is 2.25 bits per heavy atom. The Bertz CT molecular complexity index is 1230. The number of carbonyl (C=O) groups is 4. The van der Waals surface area contributed by atoms with Gasteiger partial charge in [-0.1, -0.05) is 24.2 Å². The standard InChI is InChI=1S/C21H28N4O7S.C2HF3O2/c1-2-12-33(31,32)24-19(26)15-25(11-3-4-18(14-25)23-30)13-16-5-7-17(8-6-16)21(29)22-10-9-20(27)28;3-2(4,5)1(6)7/h3-8H,2,9-15H2,1H3,(H3-,22,24,26,27,28,29,30);(H,6,7)/b23-18+;. The van der Waals surface area contributed by atoms with Gasteiger partial charge in [0.25, 0.3) is 11.8 Å². The number of carboxylic acid groups (broad SMARTS) is 2. The summed E-state index contributed by atoms with van der Waals surface area (Å²) in [5.41, 5.74) is 1.50. The van der Waals surface area contributed by atoms with Crippen LogP contribution in [0.2, 0.25) is 0 Å². The molecule has 1 atom stereocenters. The lowest BCUT2D eigenvalue weighted by molar-refractivity contribution is -0.920. The molecule has 1 aromatic carbocycles. The second-order valence-electron chi connectivity index (χ2n) is 8.72. The van der Waals surface area contributed by atoms with Crippen LogP contribution in [0.4, 0.5) is 13.2 Å². The molecular formula is C23H29F3N4O9S. The molecule has 1 aromatic rings. The second-order valence-corrected chi connectivity index (χ2v) is 10.6. The summed E-state index contributed by atoms with van der Waals surface area (Å²) in [6.07, 6.45) is -1.59. The number of hydrogen-bond acceptors (Lipinski definition) is 9. The van der Waals surface area contributed by atoms with Crippen molar-refractivity contribution in [3.05, 3.63) is 47.5 Å². The first-order chi connectivity index (χ1) is 18.5. The van der Waals surface area contributed by atoms with Gasteiger partial charge < -0.3 is 30.0 Å². The minimum atomic E-state index is -5.19. The van der Waals surface area contributed by atoms with Crippen molar-refractivity contribution >= 4 is 39.5 Å². The van der Waals surface area contributed by atoms with Crippen molar-refractivity contribution in [1.29, 1.82) is 0 Å². The number of benzene rings is 1. The lowest BCUT2D eigenvalue weighted by Gasteiger charge is -2.38. The van der Waals surface area contributed by atoms with Gasteiger partial charge >= 0.3 is 12.1 Å². The van der Waals surface area contributed by atoms with Crippen molar-refractivity contribution in [2.45, 2.75) is 32.5 Å². The highest BCUT2D eigenvalue weighted by molar-refractivity contribution is 7.90. The number of nitrogens with zero attached hydrogens (tertiary/aromatic N) is 2.